The van der Waals surface area contributed by atoms with Gasteiger partial charge in [0.15, 0.2) is 11.5 Å². The van der Waals surface area contributed by atoms with Crippen molar-refractivity contribution in [1.82, 2.24) is 9.97 Å². The normalized spacial score (nSPS) is 11.8. The van der Waals surface area contributed by atoms with Crippen LogP contribution in [0, 0.1) is 0 Å². The number of aromatic nitrogens is 2. The third-order valence-corrected chi connectivity index (χ3v) is 3.66. The molecular formula is C18H25ClN4O2. The first-order valence-electron chi connectivity index (χ1n) is 8.49. The molecule has 0 saturated heterocycles. The van der Waals surface area contributed by atoms with Crippen molar-refractivity contribution < 1.29 is 9.47 Å². The van der Waals surface area contributed by atoms with E-state index in [1.165, 1.54) is 0 Å². The first-order chi connectivity index (χ1) is 12.0. The van der Waals surface area contributed by atoms with Gasteiger partial charge in [0.2, 0.25) is 5.95 Å². The summed E-state index contributed by atoms with van der Waals surface area (Å²) in [4.78, 5) is 8.00. The highest BCUT2D eigenvalue weighted by atomic mass is 35.5. The summed E-state index contributed by atoms with van der Waals surface area (Å²) >= 11 is 5.92. The van der Waals surface area contributed by atoms with Gasteiger partial charge in [-0.05, 0) is 37.5 Å². The van der Waals surface area contributed by atoms with Crippen molar-refractivity contribution in [1.29, 1.82) is 0 Å². The van der Waals surface area contributed by atoms with E-state index < -0.39 is 0 Å². The van der Waals surface area contributed by atoms with Crippen LogP contribution in [-0.4, -0.2) is 23.2 Å². The Kier molecular flexibility index (Phi) is 7.13. The minimum Gasteiger partial charge on any atom is -0.490 e. The second-order valence-corrected chi connectivity index (χ2v) is 6.09. The van der Waals surface area contributed by atoms with Gasteiger partial charge >= 0.3 is 0 Å². The Morgan fingerprint density at radius 3 is 2.40 bits per heavy atom. The van der Waals surface area contributed by atoms with Crippen LogP contribution in [0.15, 0.2) is 24.3 Å². The monoisotopic (exact) mass is 364 g/mol. The first-order valence-corrected chi connectivity index (χ1v) is 8.87. The summed E-state index contributed by atoms with van der Waals surface area (Å²) in [6.45, 7) is 7.48. The SMILES string of the molecule is CCCOc1ccc(C(C)Nc2cc(Cl)nc(N)n2)cc1OCCC. The molecule has 1 aromatic carbocycles. The highest BCUT2D eigenvalue weighted by Gasteiger charge is 2.12. The van der Waals surface area contributed by atoms with E-state index in [0.717, 1.165) is 29.9 Å². The van der Waals surface area contributed by atoms with Gasteiger partial charge in [-0.2, -0.15) is 4.98 Å². The molecule has 0 amide bonds. The molecule has 0 spiro atoms. The first kappa shape index (κ1) is 19.1. The van der Waals surface area contributed by atoms with Gasteiger partial charge in [0.05, 0.1) is 19.3 Å². The fourth-order valence-electron chi connectivity index (χ4n) is 2.26. The predicted octanol–water partition coefficient (Wildman–Crippen LogP) is 4.46. The second-order valence-electron chi connectivity index (χ2n) is 5.70. The van der Waals surface area contributed by atoms with Gasteiger partial charge in [-0.1, -0.05) is 31.5 Å². The fraction of sp³-hybridized carbons (Fsp3) is 0.444. The van der Waals surface area contributed by atoms with Crippen LogP contribution in [0.3, 0.4) is 0 Å². The maximum absolute atomic E-state index is 5.92. The average molecular weight is 365 g/mol. The maximum atomic E-state index is 5.92. The lowest BCUT2D eigenvalue weighted by Crippen LogP contribution is -2.10. The summed E-state index contributed by atoms with van der Waals surface area (Å²) in [6.07, 6.45) is 1.88. The molecule has 25 heavy (non-hydrogen) atoms. The van der Waals surface area contributed by atoms with Crippen molar-refractivity contribution in [2.24, 2.45) is 0 Å². The molecular weight excluding hydrogens is 340 g/mol. The van der Waals surface area contributed by atoms with E-state index in [0.29, 0.717) is 24.2 Å². The van der Waals surface area contributed by atoms with Crippen molar-refractivity contribution in [3.05, 3.63) is 35.0 Å². The molecule has 0 aliphatic heterocycles. The number of nitrogens with one attached hydrogen (secondary N) is 1. The molecule has 1 heterocycles. The lowest BCUT2D eigenvalue weighted by molar-refractivity contribution is 0.268. The molecule has 0 bridgehead atoms. The van der Waals surface area contributed by atoms with Gasteiger partial charge in [-0.3, -0.25) is 0 Å². The van der Waals surface area contributed by atoms with Gasteiger partial charge < -0.3 is 20.5 Å². The lowest BCUT2D eigenvalue weighted by atomic mass is 10.1. The zero-order valence-corrected chi connectivity index (χ0v) is 15.6. The van der Waals surface area contributed by atoms with Crippen LogP contribution >= 0.6 is 11.6 Å². The molecule has 0 fully saturated rings. The number of benzene rings is 1. The molecule has 1 unspecified atom stereocenters. The van der Waals surface area contributed by atoms with Crippen molar-refractivity contribution in [3.63, 3.8) is 0 Å². The van der Waals surface area contributed by atoms with Crippen LogP contribution in [0.5, 0.6) is 11.5 Å². The topological polar surface area (TPSA) is 82.3 Å². The Labute approximate surface area is 153 Å². The zero-order chi connectivity index (χ0) is 18.2. The van der Waals surface area contributed by atoms with Crippen LogP contribution in [0.2, 0.25) is 5.15 Å². The number of rotatable bonds is 9. The van der Waals surface area contributed by atoms with Crippen molar-refractivity contribution in [3.8, 4) is 11.5 Å². The third kappa shape index (κ3) is 5.67. The van der Waals surface area contributed by atoms with E-state index in [4.69, 9.17) is 26.8 Å². The predicted molar refractivity (Wildman–Crippen MR) is 102 cm³/mol. The van der Waals surface area contributed by atoms with Gasteiger partial charge in [-0.25, -0.2) is 4.98 Å². The summed E-state index contributed by atoms with van der Waals surface area (Å²) in [7, 11) is 0. The van der Waals surface area contributed by atoms with Crippen molar-refractivity contribution >= 4 is 23.4 Å². The molecule has 7 heteroatoms. The molecule has 6 nitrogen and oxygen atoms in total. The minimum atomic E-state index is -0.0189. The quantitative estimate of drug-likeness (QED) is 0.639. The number of nitrogens with two attached hydrogens (primary N) is 1. The standard InChI is InChI=1S/C18H25ClN4O2/c1-4-8-24-14-7-6-13(10-15(14)25-9-5-2)12(3)21-17-11-16(19)22-18(20)23-17/h6-7,10-12H,4-5,8-9H2,1-3H3,(H3,20,21,22,23). The van der Waals surface area contributed by atoms with E-state index in [1.807, 2.05) is 25.1 Å². The molecule has 2 aromatic rings. The van der Waals surface area contributed by atoms with Crippen molar-refractivity contribution in [2.45, 2.75) is 39.7 Å². The van der Waals surface area contributed by atoms with E-state index >= 15 is 0 Å². The number of nitrogens with zero attached hydrogens (tertiary/aromatic N) is 2. The van der Waals surface area contributed by atoms with Gasteiger partial charge in [0.1, 0.15) is 11.0 Å². The van der Waals surface area contributed by atoms with E-state index in [-0.39, 0.29) is 12.0 Å². The summed E-state index contributed by atoms with van der Waals surface area (Å²) in [6, 6.07) is 7.56. The van der Waals surface area contributed by atoms with Crippen molar-refractivity contribution in [2.75, 3.05) is 24.3 Å². The number of hydrogen-bond acceptors (Lipinski definition) is 6. The molecule has 2 rings (SSSR count). The molecule has 1 atom stereocenters. The summed E-state index contributed by atoms with van der Waals surface area (Å²) < 4.78 is 11.6. The number of halogens is 1. The number of nitrogen functional groups attached to an aromatic ring is 1. The zero-order valence-electron chi connectivity index (χ0n) is 14.9. The highest BCUT2D eigenvalue weighted by molar-refractivity contribution is 6.29. The van der Waals surface area contributed by atoms with Gasteiger partial charge in [0, 0.05) is 6.07 Å². The Balaban J connectivity index is 2.18. The van der Waals surface area contributed by atoms with E-state index in [9.17, 15) is 0 Å². The Hall–Kier alpha value is -2.21. The number of anilines is 2. The molecule has 0 aliphatic carbocycles. The van der Waals surface area contributed by atoms with Gasteiger partial charge in [-0.15, -0.1) is 0 Å². The molecule has 136 valence electrons. The number of hydrogen-bond donors (Lipinski definition) is 2. The smallest absolute Gasteiger partial charge is 0.223 e. The van der Waals surface area contributed by atoms with Crippen LogP contribution in [-0.2, 0) is 0 Å². The van der Waals surface area contributed by atoms with E-state index in [1.54, 1.807) is 6.07 Å². The van der Waals surface area contributed by atoms with Crippen LogP contribution in [0.1, 0.15) is 45.2 Å². The molecule has 0 saturated carbocycles. The Morgan fingerprint density at radius 2 is 1.76 bits per heavy atom. The summed E-state index contributed by atoms with van der Waals surface area (Å²) in [5, 5.41) is 3.58. The number of ether oxygens (including phenoxy) is 2. The fourth-order valence-corrected chi connectivity index (χ4v) is 2.45. The molecule has 1 aromatic heterocycles. The third-order valence-electron chi connectivity index (χ3n) is 3.47. The highest BCUT2D eigenvalue weighted by Crippen LogP contribution is 2.32. The lowest BCUT2D eigenvalue weighted by Gasteiger charge is -2.18. The van der Waals surface area contributed by atoms with E-state index in [2.05, 4.69) is 29.1 Å². The second kappa shape index (κ2) is 9.32. The Morgan fingerprint density at radius 1 is 1.08 bits per heavy atom. The molecule has 3 N–H and O–H groups in total. The van der Waals surface area contributed by atoms with Gasteiger partial charge in [0.25, 0.3) is 0 Å². The average Bonchev–Trinajstić information content (AvgIpc) is 2.57. The summed E-state index contributed by atoms with van der Waals surface area (Å²) in [5.41, 5.74) is 6.68. The maximum Gasteiger partial charge on any atom is 0.223 e. The van der Waals surface area contributed by atoms with Crippen LogP contribution in [0.4, 0.5) is 11.8 Å². The van der Waals surface area contributed by atoms with Crippen LogP contribution in [0.25, 0.3) is 0 Å². The summed E-state index contributed by atoms with van der Waals surface area (Å²) in [5.74, 6) is 2.23. The minimum absolute atomic E-state index is 0.0189. The molecule has 0 radical (unpaired) electrons. The molecule has 0 aliphatic rings. The van der Waals surface area contributed by atoms with Crippen LogP contribution < -0.4 is 20.5 Å². The Bertz CT molecular complexity index is 677. The largest absolute Gasteiger partial charge is 0.490 e.